The number of aryl methyl sites for hydroxylation is 1. The number of sulfonamides is 1. The summed E-state index contributed by atoms with van der Waals surface area (Å²) in [4.78, 5) is 0.930. The molecule has 0 aliphatic rings. The molecule has 0 radical (unpaired) electrons. The number of benzene rings is 1. The van der Waals surface area contributed by atoms with E-state index in [1.165, 1.54) is 24.5 Å². The van der Waals surface area contributed by atoms with Crippen LogP contribution in [0, 0.1) is 6.92 Å². The van der Waals surface area contributed by atoms with E-state index in [1.807, 2.05) is 6.92 Å². The summed E-state index contributed by atoms with van der Waals surface area (Å²) in [5.74, 6) is 0.422. The molecule has 19 heavy (non-hydrogen) atoms. The number of rotatable bonds is 4. The van der Waals surface area contributed by atoms with Crippen LogP contribution in [0.3, 0.4) is 0 Å². The van der Waals surface area contributed by atoms with Gasteiger partial charge in [-0.3, -0.25) is 4.72 Å². The lowest BCUT2D eigenvalue weighted by Gasteiger charge is -2.11. The quantitative estimate of drug-likeness (QED) is 0.849. The monoisotopic (exact) mass is 298 g/mol. The normalized spacial score (nSPS) is 11.3. The average molecular weight is 298 g/mol. The van der Waals surface area contributed by atoms with Gasteiger partial charge >= 0.3 is 0 Å². The van der Waals surface area contributed by atoms with Crippen molar-refractivity contribution in [3.05, 3.63) is 35.2 Å². The number of nitrogen functional groups attached to an aromatic ring is 1. The summed E-state index contributed by atoms with van der Waals surface area (Å²) in [6.07, 6.45) is 0. The van der Waals surface area contributed by atoms with Gasteiger partial charge in [-0.25, -0.2) is 8.42 Å². The van der Waals surface area contributed by atoms with Crippen LogP contribution in [0.5, 0.6) is 5.75 Å². The molecule has 1 heterocycles. The number of ether oxygens (including phenoxy) is 1. The Morgan fingerprint density at radius 1 is 1.26 bits per heavy atom. The molecular formula is C12H14N2O3S2. The zero-order chi connectivity index (χ0) is 14.0. The maximum Gasteiger partial charge on any atom is 0.271 e. The maximum absolute atomic E-state index is 12.2. The van der Waals surface area contributed by atoms with Crippen LogP contribution in [0.1, 0.15) is 4.88 Å². The van der Waals surface area contributed by atoms with Crippen molar-refractivity contribution in [2.24, 2.45) is 0 Å². The van der Waals surface area contributed by atoms with E-state index in [0.717, 1.165) is 4.88 Å². The van der Waals surface area contributed by atoms with Crippen LogP contribution in [-0.2, 0) is 10.0 Å². The van der Waals surface area contributed by atoms with E-state index in [-0.39, 0.29) is 4.21 Å². The maximum atomic E-state index is 12.2. The lowest BCUT2D eigenvalue weighted by molar-refractivity contribution is 0.417. The fraction of sp³-hybridized carbons (Fsp3) is 0.167. The van der Waals surface area contributed by atoms with Crippen LogP contribution in [0.15, 0.2) is 34.5 Å². The minimum absolute atomic E-state index is 0.259. The van der Waals surface area contributed by atoms with Gasteiger partial charge in [-0.2, -0.15) is 0 Å². The van der Waals surface area contributed by atoms with Crippen LogP contribution in [0.2, 0.25) is 0 Å². The summed E-state index contributed by atoms with van der Waals surface area (Å²) >= 11 is 1.21. The molecule has 1 aromatic heterocycles. The van der Waals surface area contributed by atoms with Crippen molar-refractivity contribution in [2.45, 2.75) is 11.1 Å². The highest BCUT2D eigenvalue weighted by atomic mass is 32.2. The van der Waals surface area contributed by atoms with E-state index >= 15 is 0 Å². The molecule has 2 rings (SSSR count). The van der Waals surface area contributed by atoms with Crippen molar-refractivity contribution >= 4 is 32.7 Å². The third-order valence-electron chi connectivity index (χ3n) is 2.45. The molecule has 0 aliphatic heterocycles. The van der Waals surface area contributed by atoms with E-state index in [2.05, 4.69) is 4.72 Å². The van der Waals surface area contributed by atoms with Gasteiger partial charge in [0.1, 0.15) is 9.96 Å². The lowest BCUT2D eigenvalue weighted by Crippen LogP contribution is -2.12. The van der Waals surface area contributed by atoms with Crippen molar-refractivity contribution in [2.75, 3.05) is 17.6 Å². The number of nitrogens with two attached hydrogens (primary N) is 1. The molecule has 0 bridgehead atoms. The first-order valence-corrected chi connectivity index (χ1v) is 7.75. The Balaban J connectivity index is 2.38. The molecule has 0 atom stereocenters. The molecule has 0 aliphatic carbocycles. The summed E-state index contributed by atoms with van der Waals surface area (Å²) < 4.78 is 32.2. The summed E-state index contributed by atoms with van der Waals surface area (Å²) in [5.41, 5.74) is 6.44. The molecule has 5 nitrogen and oxygen atoms in total. The van der Waals surface area contributed by atoms with Crippen LogP contribution in [-0.4, -0.2) is 15.5 Å². The second-order valence-electron chi connectivity index (χ2n) is 3.93. The van der Waals surface area contributed by atoms with Gasteiger partial charge in [-0.1, -0.05) is 0 Å². The first kappa shape index (κ1) is 13.7. The predicted molar refractivity (Wildman–Crippen MR) is 77.3 cm³/mol. The number of anilines is 2. The fourth-order valence-corrected chi connectivity index (χ4v) is 3.90. The second kappa shape index (κ2) is 5.10. The standard InChI is InChI=1S/C12H14N2O3S2/c1-8-3-6-12(18-8)19(15,16)14-10-7-9(13)4-5-11(10)17-2/h3-7,14H,13H2,1-2H3. The Hall–Kier alpha value is -1.73. The highest BCUT2D eigenvalue weighted by molar-refractivity contribution is 7.94. The molecule has 102 valence electrons. The van der Waals surface area contributed by atoms with E-state index in [0.29, 0.717) is 17.1 Å². The summed E-state index contributed by atoms with van der Waals surface area (Å²) in [6, 6.07) is 8.12. The Bertz CT molecular complexity index is 693. The number of nitrogens with one attached hydrogen (secondary N) is 1. The topological polar surface area (TPSA) is 81.4 Å². The van der Waals surface area contributed by atoms with Crippen molar-refractivity contribution in [3.63, 3.8) is 0 Å². The fourth-order valence-electron chi connectivity index (χ4n) is 1.56. The third kappa shape index (κ3) is 2.99. The van der Waals surface area contributed by atoms with Gasteiger partial charge in [0.05, 0.1) is 12.8 Å². The number of thiophene rings is 1. The highest BCUT2D eigenvalue weighted by Crippen LogP contribution is 2.30. The zero-order valence-electron chi connectivity index (χ0n) is 10.5. The van der Waals surface area contributed by atoms with E-state index in [4.69, 9.17) is 10.5 Å². The molecular weight excluding hydrogens is 284 g/mol. The molecule has 0 spiro atoms. The third-order valence-corrected chi connectivity index (χ3v) is 5.31. The van der Waals surface area contributed by atoms with Crippen molar-refractivity contribution < 1.29 is 13.2 Å². The SMILES string of the molecule is COc1ccc(N)cc1NS(=O)(=O)c1ccc(C)s1. The second-order valence-corrected chi connectivity index (χ2v) is 7.13. The highest BCUT2D eigenvalue weighted by Gasteiger charge is 2.18. The van der Waals surface area contributed by atoms with Gasteiger partial charge in [0.25, 0.3) is 10.0 Å². The molecule has 3 N–H and O–H groups in total. The van der Waals surface area contributed by atoms with Gasteiger partial charge in [-0.05, 0) is 37.3 Å². The Labute approximate surface area is 116 Å². The molecule has 0 amide bonds. The van der Waals surface area contributed by atoms with Gasteiger partial charge in [-0.15, -0.1) is 11.3 Å². The average Bonchev–Trinajstić information content (AvgIpc) is 2.76. The summed E-state index contributed by atoms with van der Waals surface area (Å²) in [7, 11) is -2.14. The van der Waals surface area contributed by atoms with E-state index in [9.17, 15) is 8.42 Å². The smallest absolute Gasteiger partial charge is 0.271 e. The lowest BCUT2D eigenvalue weighted by atomic mass is 10.2. The first-order chi connectivity index (χ1) is 8.92. The summed E-state index contributed by atoms with van der Waals surface area (Å²) in [5, 5.41) is 0. The molecule has 1 aromatic carbocycles. The molecule has 0 fully saturated rings. The molecule has 0 saturated heterocycles. The Kier molecular flexibility index (Phi) is 3.68. The summed E-state index contributed by atoms with van der Waals surface area (Å²) in [6.45, 7) is 1.85. The molecule has 7 heteroatoms. The van der Waals surface area contributed by atoms with Gasteiger partial charge in [0.2, 0.25) is 0 Å². The minimum Gasteiger partial charge on any atom is -0.495 e. The van der Waals surface area contributed by atoms with Gasteiger partial charge < -0.3 is 10.5 Å². The van der Waals surface area contributed by atoms with Crippen LogP contribution in [0.4, 0.5) is 11.4 Å². The van der Waals surface area contributed by atoms with Crippen molar-refractivity contribution in [1.29, 1.82) is 0 Å². The van der Waals surface area contributed by atoms with Crippen LogP contribution in [0.25, 0.3) is 0 Å². The first-order valence-electron chi connectivity index (χ1n) is 5.45. The van der Waals surface area contributed by atoms with Crippen LogP contribution >= 0.6 is 11.3 Å². The number of methoxy groups -OCH3 is 1. The Morgan fingerprint density at radius 2 is 2.00 bits per heavy atom. The predicted octanol–water partition coefficient (Wildman–Crippen LogP) is 2.45. The van der Waals surface area contributed by atoms with E-state index < -0.39 is 10.0 Å². The Morgan fingerprint density at radius 3 is 2.58 bits per heavy atom. The molecule has 0 saturated carbocycles. The van der Waals surface area contributed by atoms with Crippen LogP contribution < -0.4 is 15.2 Å². The zero-order valence-corrected chi connectivity index (χ0v) is 12.1. The van der Waals surface area contributed by atoms with Gasteiger partial charge in [0.15, 0.2) is 0 Å². The largest absolute Gasteiger partial charge is 0.495 e. The number of hydrogen-bond acceptors (Lipinski definition) is 5. The van der Waals surface area contributed by atoms with Gasteiger partial charge in [0, 0.05) is 10.6 Å². The number of hydrogen-bond donors (Lipinski definition) is 2. The molecule has 0 unspecified atom stereocenters. The van der Waals surface area contributed by atoms with Crippen molar-refractivity contribution in [1.82, 2.24) is 0 Å². The van der Waals surface area contributed by atoms with E-state index in [1.54, 1.807) is 24.3 Å². The minimum atomic E-state index is -3.61. The van der Waals surface area contributed by atoms with Crippen molar-refractivity contribution in [3.8, 4) is 5.75 Å². The molecule has 2 aromatic rings.